The number of ether oxygens (including phenoxy) is 1. The van der Waals surface area contributed by atoms with Crippen LogP contribution in [0.25, 0.3) is 0 Å². The smallest absolute Gasteiger partial charge is 0.309 e. The molecule has 1 aromatic carbocycles. The molecule has 0 unspecified atom stereocenters. The molecule has 7 nitrogen and oxygen atoms in total. The molecule has 0 aliphatic carbocycles. The Bertz CT molecular complexity index is 867. The maximum atomic E-state index is 12.4. The third-order valence-electron chi connectivity index (χ3n) is 5.95. The van der Waals surface area contributed by atoms with Crippen LogP contribution in [0.3, 0.4) is 0 Å². The monoisotopic (exact) mass is 442 g/mol. The maximum Gasteiger partial charge on any atom is 0.309 e. The fourth-order valence-corrected chi connectivity index (χ4v) is 5.04. The van der Waals surface area contributed by atoms with E-state index in [0.717, 1.165) is 52.4 Å². The Kier molecular flexibility index (Phi) is 7.69. The lowest BCUT2D eigenvalue weighted by Gasteiger charge is -2.35. The number of thiophene rings is 1. The Morgan fingerprint density at radius 2 is 1.77 bits per heavy atom. The highest BCUT2D eigenvalue weighted by Gasteiger charge is 2.26. The van der Waals surface area contributed by atoms with Crippen molar-refractivity contribution in [3.63, 3.8) is 0 Å². The summed E-state index contributed by atoms with van der Waals surface area (Å²) in [5.74, 6) is -1.14. The van der Waals surface area contributed by atoms with Gasteiger partial charge in [-0.3, -0.25) is 19.4 Å². The highest BCUT2D eigenvalue weighted by atomic mass is 32.1. The van der Waals surface area contributed by atoms with Gasteiger partial charge in [-0.15, -0.1) is 11.3 Å². The van der Waals surface area contributed by atoms with Crippen molar-refractivity contribution in [1.29, 1.82) is 0 Å². The van der Waals surface area contributed by atoms with Crippen LogP contribution < -0.4 is 10.6 Å². The predicted octanol–water partition coefficient (Wildman–Crippen LogP) is 1.41. The molecule has 1 aromatic heterocycles. The normalized spacial score (nSPS) is 18.2. The lowest BCUT2D eigenvalue weighted by molar-refractivity contribution is -0.139. The van der Waals surface area contributed by atoms with Crippen molar-refractivity contribution in [3.05, 3.63) is 57.8 Å². The van der Waals surface area contributed by atoms with Gasteiger partial charge in [-0.2, -0.15) is 0 Å². The second kappa shape index (κ2) is 10.9. The minimum Gasteiger partial charge on any atom is -0.379 e. The van der Waals surface area contributed by atoms with Crippen LogP contribution in [0, 0.1) is 0 Å². The number of morpholine rings is 1. The van der Waals surface area contributed by atoms with E-state index in [9.17, 15) is 9.59 Å². The summed E-state index contributed by atoms with van der Waals surface area (Å²) in [6.07, 6.45) is 0.994. The van der Waals surface area contributed by atoms with E-state index in [1.54, 1.807) is 11.3 Å². The van der Waals surface area contributed by atoms with E-state index in [-0.39, 0.29) is 6.04 Å². The molecule has 0 bridgehead atoms. The van der Waals surface area contributed by atoms with E-state index in [0.29, 0.717) is 13.1 Å². The Hall–Kier alpha value is -2.26. The fourth-order valence-electron chi connectivity index (χ4n) is 4.18. The van der Waals surface area contributed by atoms with Crippen molar-refractivity contribution < 1.29 is 14.3 Å². The summed E-state index contributed by atoms with van der Waals surface area (Å²) >= 11 is 1.69. The zero-order chi connectivity index (χ0) is 21.5. The van der Waals surface area contributed by atoms with Gasteiger partial charge in [0.25, 0.3) is 0 Å². The Morgan fingerprint density at radius 1 is 1.00 bits per heavy atom. The lowest BCUT2D eigenvalue weighted by atomic mass is 9.98. The van der Waals surface area contributed by atoms with Crippen LogP contribution in [0.15, 0.2) is 41.8 Å². The third-order valence-corrected chi connectivity index (χ3v) is 6.93. The van der Waals surface area contributed by atoms with Gasteiger partial charge in [0.15, 0.2) is 0 Å². The molecule has 2 amide bonds. The molecular formula is C23H30N4O3S. The second-order valence-corrected chi connectivity index (χ2v) is 8.92. The predicted molar refractivity (Wildman–Crippen MR) is 121 cm³/mol. The van der Waals surface area contributed by atoms with Crippen LogP contribution in [0.2, 0.25) is 0 Å². The van der Waals surface area contributed by atoms with E-state index < -0.39 is 11.8 Å². The van der Waals surface area contributed by atoms with E-state index in [2.05, 4.69) is 56.1 Å². The molecular weight excluding hydrogens is 412 g/mol. The number of hydrogen-bond donors (Lipinski definition) is 2. The molecule has 4 rings (SSSR count). The molecule has 1 saturated heterocycles. The first-order chi connectivity index (χ1) is 15.2. The average molecular weight is 443 g/mol. The molecule has 2 aromatic rings. The standard InChI is InChI=1S/C23H30N4O3S/c28-22(24-8-10-26-11-13-30-14-12-26)23(29)25-16-20(21-6-3-15-31-21)27-9-7-18-4-1-2-5-19(18)17-27/h1-6,15,20H,7-14,16-17H2,(H,24,28)(H,25,29)/t20-/m0/s1. The van der Waals surface area contributed by atoms with E-state index in [1.165, 1.54) is 16.0 Å². The zero-order valence-electron chi connectivity index (χ0n) is 17.7. The van der Waals surface area contributed by atoms with Crippen molar-refractivity contribution in [2.24, 2.45) is 0 Å². The molecule has 2 aliphatic heterocycles. The van der Waals surface area contributed by atoms with Gasteiger partial charge in [-0.05, 0) is 29.0 Å². The van der Waals surface area contributed by atoms with Crippen LogP contribution in [-0.2, 0) is 27.3 Å². The average Bonchev–Trinajstić information content (AvgIpc) is 3.34. The molecule has 166 valence electrons. The molecule has 31 heavy (non-hydrogen) atoms. The van der Waals surface area contributed by atoms with Gasteiger partial charge in [-0.25, -0.2) is 0 Å². The van der Waals surface area contributed by atoms with Gasteiger partial charge in [0.1, 0.15) is 0 Å². The lowest BCUT2D eigenvalue weighted by Crippen LogP contribution is -2.47. The summed E-state index contributed by atoms with van der Waals surface area (Å²) in [6.45, 7) is 6.56. The number of rotatable bonds is 7. The molecule has 3 heterocycles. The highest BCUT2D eigenvalue weighted by Crippen LogP contribution is 2.29. The quantitative estimate of drug-likeness (QED) is 0.635. The van der Waals surface area contributed by atoms with Crippen LogP contribution in [-0.4, -0.2) is 74.1 Å². The topological polar surface area (TPSA) is 73.9 Å². The van der Waals surface area contributed by atoms with Crippen molar-refractivity contribution in [3.8, 4) is 0 Å². The van der Waals surface area contributed by atoms with Gasteiger partial charge >= 0.3 is 11.8 Å². The van der Waals surface area contributed by atoms with Crippen molar-refractivity contribution in [1.82, 2.24) is 20.4 Å². The number of hydrogen-bond acceptors (Lipinski definition) is 6. The zero-order valence-corrected chi connectivity index (χ0v) is 18.5. The van der Waals surface area contributed by atoms with Crippen LogP contribution in [0.5, 0.6) is 0 Å². The minimum atomic E-state index is -0.569. The number of nitrogens with zero attached hydrogens (tertiary/aromatic N) is 2. The van der Waals surface area contributed by atoms with Crippen molar-refractivity contribution >= 4 is 23.2 Å². The van der Waals surface area contributed by atoms with E-state index in [1.807, 2.05) is 6.07 Å². The Morgan fingerprint density at radius 3 is 2.55 bits per heavy atom. The first kappa shape index (κ1) is 22.0. The Labute approximate surface area is 187 Å². The van der Waals surface area contributed by atoms with Gasteiger partial charge in [0.2, 0.25) is 0 Å². The molecule has 0 spiro atoms. The van der Waals surface area contributed by atoms with Crippen molar-refractivity contribution in [2.75, 3.05) is 52.5 Å². The summed E-state index contributed by atoms with van der Waals surface area (Å²) in [6, 6.07) is 12.7. The molecule has 0 saturated carbocycles. The molecule has 8 heteroatoms. The summed E-state index contributed by atoms with van der Waals surface area (Å²) in [7, 11) is 0. The van der Waals surface area contributed by atoms with Crippen LogP contribution in [0.1, 0.15) is 22.0 Å². The number of carbonyl (C=O) groups is 2. The van der Waals surface area contributed by atoms with Gasteiger partial charge in [0, 0.05) is 50.7 Å². The minimum absolute atomic E-state index is 0.0541. The number of amides is 2. The number of benzene rings is 1. The first-order valence-corrected chi connectivity index (χ1v) is 11.8. The van der Waals surface area contributed by atoms with E-state index in [4.69, 9.17) is 4.74 Å². The molecule has 0 radical (unpaired) electrons. The molecule has 2 N–H and O–H groups in total. The maximum absolute atomic E-state index is 12.4. The Balaban J connectivity index is 1.29. The number of fused-ring (bicyclic) bond motifs is 1. The van der Waals surface area contributed by atoms with Gasteiger partial charge in [0.05, 0.1) is 19.3 Å². The van der Waals surface area contributed by atoms with Crippen LogP contribution >= 0.6 is 11.3 Å². The highest BCUT2D eigenvalue weighted by molar-refractivity contribution is 7.10. The van der Waals surface area contributed by atoms with Crippen molar-refractivity contribution in [2.45, 2.75) is 19.0 Å². The van der Waals surface area contributed by atoms with E-state index >= 15 is 0 Å². The molecule has 2 aliphatic rings. The number of carbonyl (C=O) groups excluding carboxylic acids is 2. The largest absolute Gasteiger partial charge is 0.379 e. The van der Waals surface area contributed by atoms with Gasteiger partial charge < -0.3 is 15.4 Å². The second-order valence-electron chi connectivity index (χ2n) is 7.94. The molecule has 1 fully saturated rings. The summed E-state index contributed by atoms with van der Waals surface area (Å²) in [5, 5.41) is 7.65. The summed E-state index contributed by atoms with van der Waals surface area (Å²) < 4.78 is 5.32. The fraction of sp³-hybridized carbons (Fsp3) is 0.478. The first-order valence-electron chi connectivity index (χ1n) is 10.9. The third kappa shape index (κ3) is 5.92. The molecule has 1 atom stereocenters. The summed E-state index contributed by atoms with van der Waals surface area (Å²) in [5.41, 5.74) is 2.73. The van der Waals surface area contributed by atoms with Gasteiger partial charge in [-0.1, -0.05) is 30.3 Å². The SMILES string of the molecule is O=C(NCCN1CCOCC1)C(=O)NC[C@@H](c1cccs1)N1CCc2ccccc2C1. The number of nitrogens with one attached hydrogen (secondary N) is 2. The van der Waals surface area contributed by atoms with Crippen LogP contribution in [0.4, 0.5) is 0 Å². The summed E-state index contributed by atoms with van der Waals surface area (Å²) in [4.78, 5) is 30.5.